The number of nitrogens with zero attached hydrogens (tertiary/aromatic N) is 1. The van der Waals surface area contributed by atoms with Gasteiger partial charge in [0, 0.05) is 12.6 Å². The molecule has 3 heteroatoms. The topological polar surface area (TPSA) is 35.5 Å². The molecule has 0 bridgehead atoms. The predicted molar refractivity (Wildman–Crippen MR) is 66.4 cm³/mol. The Balaban J connectivity index is 1.89. The van der Waals surface area contributed by atoms with E-state index in [4.69, 9.17) is 0 Å². The molecule has 0 aromatic carbocycles. The molecule has 2 fully saturated rings. The van der Waals surface area contributed by atoms with Gasteiger partial charge < -0.3 is 15.3 Å². The molecule has 2 unspecified atom stereocenters. The molecule has 1 aliphatic heterocycles. The summed E-state index contributed by atoms with van der Waals surface area (Å²) in [6.45, 7) is 2.49. The van der Waals surface area contributed by atoms with Gasteiger partial charge in [-0.2, -0.15) is 0 Å². The van der Waals surface area contributed by atoms with E-state index >= 15 is 0 Å². The second kappa shape index (κ2) is 5.48. The lowest BCUT2D eigenvalue weighted by atomic mass is 9.77. The van der Waals surface area contributed by atoms with Crippen LogP contribution in [-0.2, 0) is 0 Å². The smallest absolute Gasteiger partial charge is 0.0540 e. The van der Waals surface area contributed by atoms with Crippen molar-refractivity contribution in [2.45, 2.75) is 44.2 Å². The van der Waals surface area contributed by atoms with Crippen molar-refractivity contribution >= 4 is 0 Å². The normalized spacial score (nSPS) is 38.8. The SMILES string of the molecule is CNC(C1CCC(O)CC1)C1CCN(C)C1. The summed E-state index contributed by atoms with van der Waals surface area (Å²) < 4.78 is 0. The summed E-state index contributed by atoms with van der Waals surface area (Å²) in [5.74, 6) is 1.60. The van der Waals surface area contributed by atoms with Crippen molar-refractivity contribution in [2.75, 3.05) is 27.2 Å². The van der Waals surface area contributed by atoms with Crippen LogP contribution in [0, 0.1) is 11.8 Å². The Hall–Kier alpha value is -0.120. The van der Waals surface area contributed by atoms with Crippen LogP contribution in [0.2, 0.25) is 0 Å². The molecule has 2 aliphatic rings. The summed E-state index contributed by atoms with van der Waals surface area (Å²) >= 11 is 0. The number of hydrogen-bond acceptors (Lipinski definition) is 3. The Morgan fingerprint density at radius 1 is 1.12 bits per heavy atom. The van der Waals surface area contributed by atoms with Crippen LogP contribution in [0.15, 0.2) is 0 Å². The van der Waals surface area contributed by atoms with Gasteiger partial charge in [-0.1, -0.05) is 0 Å². The van der Waals surface area contributed by atoms with E-state index in [0.717, 1.165) is 24.7 Å². The molecule has 2 N–H and O–H groups in total. The maximum absolute atomic E-state index is 9.56. The highest BCUT2D eigenvalue weighted by molar-refractivity contribution is 4.89. The first-order valence-corrected chi connectivity index (χ1v) is 6.74. The summed E-state index contributed by atoms with van der Waals surface area (Å²) in [5.41, 5.74) is 0. The monoisotopic (exact) mass is 226 g/mol. The minimum Gasteiger partial charge on any atom is -0.393 e. The van der Waals surface area contributed by atoms with Crippen LogP contribution in [-0.4, -0.2) is 49.3 Å². The van der Waals surface area contributed by atoms with Gasteiger partial charge in [0.25, 0.3) is 0 Å². The Morgan fingerprint density at radius 3 is 2.31 bits per heavy atom. The molecule has 94 valence electrons. The Morgan fingerprint density at radius 2 is 1.81 bits per heavy atom. The van der Waals surface area contributed by atoms with E-state index in [-0.39, 0.29) is 6.10 Å². The van der Waals surface area contributed by atoms with Crippen LogP contribution >= 0.6 is 0 Å². The number of aliphatic hydroxyl groups is 1. The first-order valence-electron chi connectivity index (χ1n) is 6.74. The Labute approximate surface area is 99.2 Å². The van der Waals surface area contributed by atoms with E-state index in [1.54, 1.807) is 0 Å². The standard InChI is InChI=1S/C13H26N2O/c1-14-13(11-7-8-15(2)9-11)10-3-5-12(16)6-4-10/h10-14,16H,3-9H2,1-2H3. The van der Waals surface area contributed by atoms with Crippen molar-refractivity contribution in [3.63, 3.8) is 0 Å². The molecule has 0 aromatic rings. The molecule has 2 atom stereocenters. The number of aliphatic hydroxyl groups excluding tert-OH is 1. The highest BCUT2D eigenvalue weighted by Gasteiger charge is 2.34. The average molecular weight is 226 g/mol. The van der Waals surface area contributed by atoms with Gasteiger partial charge in [-0.25, -0.2) is 0 Å². The molecule has 3 nitrogen and oxygen atoms in total. The quantitative estimate of drug-likeness (QED) is 0.756. The Bertz CT molecular complexity index is 214. The van der Waals surface area contributed by atoms with Crippen LogP contribution in [0.25, 0.3) is 0 Å². The van der Waals surface area contributed by atoms with E-state index < -0.39 is 0 Å². The molecule has 1 saturated carbocycles. The van der Waals surface area contributed by atoms with Crippen LogP contribution in [0.3, 0.4) is 0 Å². The van der Waals surface area contributed by atoms with Crippen LogP contribution in [0.4, 0.5) is 0 Å². The van der Waals surface area contributed by atoms with Crippen molar-refractivity contribution in [2.24, 2.45) is 11.8 Å². The van der Waals surface area contributed by atoms with Crippen LogP contribution in [0.5, 0.6) is 0 Å². The number of hydrogen-bond donors (Lipinski definition) is 2. The lowest BCUT2D eigenvalue weighted by molar-refractivity contribution is 0.0893. The second-order valence-electron chi connectivity index (χ2n) is 5.69. The molecule has 1 heterocycles. The summed E-state index contributed by atoms with van der Waals surface area (Å²) in [6, 6.07) is 0.664. The van der Waals surface area contributed by atoms with Crippen molar-refractivity contribution in [3.8, 4) is 0 Å². The summed E-state index contributed by atoms with van der Waals surface area (Å²) in [7, 11) is 4.32. The second-order valence-corrected chi connectivity index (χ2v) is 5.69. The van der Waals surface area contributed by atoms with Crippen molar-refractivity contribution in [3.05, 3.63) is 0 Å². The zero-order chi connectivity index (χ0) is 11.5. The lowest BCUT2D eigenvalue weighted by Gasteiger charge is -2.35. The zero-order valence-electron chi connectivity index (χ0n) is 10.7. The summed E-state index contributed by atoms with van der Waals surface area (Å²) in [6.07, 6.45) is 5.72. The summed E-state index contributed by atoms with van der Waals surface area (Å²) in [5, 5.41) is 13.1. The van der Waals surface area contributed by atoms with E-state index in [1.807, 2.05) is 0 Å². The van der Waals surface area contributed by atoms with E-state index in [9.17, 15) is 5.11 Å². The van der Waals surface area contributed by atoms with Gasteiger partial charge in [0.2, 0.25) is 0 Å². The highest BCUT2D eigenvalue weighted by atomic mass is 16.3. The number of likely N-dealkylation sites (tertiary alicyclic amines) is 1. The van der Waals surface area contributed by atoms with Crippen molar-refractivity contribution in [1.82, 2.24) is 10.2 Å². The van der Waals surface area contributed by atoms with Gasteiger partial charge in [0.15, 0.2) is 0 Å². The predicted octanol–water partition coefficient (Wildman–Crippen LogP) is 1.08. The third-order valence-corrected chi connectivity index (χ3v) is 4.52. The lowest BCUT2D eigenvalue weighted by Crippen LogP contribution is -2.43. The van der Waals surface area contributed by atoms with Gasteiger partial charge in [0.1, 0.15) is 0 Å². The first kappa shape index (κ1) is 12.3. The minimum absolute atomic E-state index is 0.0278. The third-order valence-electron chi connectivity index (χ3n) is 4.52. The average Bonchev–Trinajstić information content (AvgIpc) is 2.69. The van der Waals surface area contributed by atoms with Gasteiger partial charge in [0.05, 0.1) is 6.10 Å². The molecule has 1 aliphatic carbocycles. The van der Waals surface area contributed by atoms with Gasteiger partial charge >= 0.3 is 0 Å². The highest BCUT2D eigenvalue weighted by Crippen LogP contribution is 2.32. The van der Waals surface area contributed by atoms with E-state index in [0.29, 0.717) is 6.04 Å². The number of nitrogens with one attached hydrogen (secondary N) is 1. The molecular formula is C13H26N2O. The fourth-order valence-corrected chi connectivity index (χ4v) is 3.58. The molecule has 0 aromatic heterocycles. The molecule has 0 spiro atoms. The van der Waals surface area contributed by atoms with Crippen LogP contribution in [0.1, 0.15) is 32.1 Å². The summed E-state index contributed by atoms with van der Waals surface area (Å²) in [4.78, 5) is 2.44. The molecule has 1 saturated heterocycles. The number of rotatable bonds is 3. The fourth-order valence-electron chi connectivity index (χ4n) is 3.58. The maximum atomic E-state index is 9.56. The van der Waals surface area contributed by atoms with Gasteiger partial charge in [-0.15, -0.1) is 0 Å². The molecule has 0 amide bonds. The maximum Gasteiger partial charge on any atom is 0.0540 e. The molecule has 0 radical (unpaired) electrons. The van der Waals surface area contributed by atoms with Crippen LogP contribution < -0.4 is 5.32 Å². The largest absolute Gasteiger partial charge is 0.393 e. The fraction of sp³-hybridized carbons (Fsp3) is 1.00. The van der Waals surface area contributed by atoms with Crippen molar-refractivity contribution in [1.29, 1.82) is 0 Å². The van der Waals surface area contributed by atoms with Gasteiger partial charge in [-0.05, 0) is 64.6 Å². The minimum atomic E-state index is -0.0278. The molecular weight excluding hydrogens is 200 g/mol. The van der Waals surface area contributed by atoms with Gasteiger partial charge in [-0.3, -0.25) is 0 Å². The van der Waals surface area contributed by atoms with E-state index in [2.05, 4.69) is 24.3 Å². The third kappa shape index (κ3) is 2.76. The van der Waals surface area contributed by atoms with E-state index in [1.165, 1.54) is 32.4 Å². The Kier molecular flexibility index (Phi) is 4.22. The molecule has 16 heavy (non-hydrogen) atoms. The molecule has 2 rings (SSSR count). The zero-order valence-corrected chi connectivity index (χ0v) is 10.7. The van der Waals surface area contributed by atoms with Crippen molar-refractivity contribution < 1.29 is 5.11 Å². The first-order chi connectivity index (χ1) is 7.70.